The highest BCUT2D eigenvalue weighted by atomic mass is 32.2. The first kappa shape index (κ1) is 30.7. The van der Waals surface area contributed by atoms with Crippen LogP contribution in [-0.2, 0) is 33.1 Å². The first-order chi connectivity index (χ1) is 19.7. The molecule has 2 atom stereocenters. The van der Waals surface area contributed by atoms with Crippen LogP contribution in [0.4, 0.5) is 22.0 Å². The summed E-state index contributed by atoms with van der Waals surface area (Å²) < 4.78 is 87.9. The van der Waals surface area contributed by atoms with Crippen LogP contribution in [0.2, 0.25) is 0 Å². The molecule has 0 amide bonds. The van der Waals surface area contributed by atoms with E-state index in [2.05, 4.69) is 4.98 Å². The van der Waals surface area contributed by atoms with Gasteiger partial charge in [-0.2, -0.15) is 18.4 Å². The summed E-state index contributed by atoms with van der Waals surface area (Å²) in [5.74, 6) is -2.48. The summed E-state index contributed by atoms with van der Waals surface area (Å²) in [6.07, 6.45) is -3.05. The highest BCUT2D eigenvalue weighted by Crippen LogP contribution is 2.39. The van der Waals surface area contributed by atoms with Crippen molar-refractivity contribution in [1.29, 1.82) is 5.26 Å². The van der Waals surface area contributed by atoms with Crippen LogP contribution in [0.5, 0.6) is 0 Å². The maximum Gasteiger partial charge on any atom is 0.417 e. The number of nitriles is 1. The number of benzene rings is 1. The van der Waals surface area contributed by atoms with E-state index >= 15 is 0 Å². The first-order valence-corrected chi connectivity index (χ1v) is 14.4. The standard InChI is InChI=1S/C28H20F5N3O4S2/c1-14(40-15(2)37)19-8-17(12-35-26(19)42(3)39)24-6-7-25(41-24)23-10-21(28(31,32)33)20(11-34)27(38)36(23)13-16-4-5-18(29)9-22(16)30/h4-10,12,14H,13H2,1-3H3. The summed E-state index contributed by atoms with van der Waals surface area (Å²) in [6, 6.07) is 9.11. The lowest BCUT2D eigenvalue weighted by Gasteiger charge is -2.17. The molecular weight excluding hydrogens is 601 g/mol. The van der Waals surface area contributed by atoms with Crippen molar-refractivity contribution in [3.05, 3.63) is 92.9 Å². The molecule has 218 valence electrons. The van der Waals surface area contributed by atoms with Crippen LogP contribution < -0.4 is 5.56 Å². The van der Waals surface area contributed by atoms with Crippen LogP contribution in [0.3, 0.4) is 0 Å². The van der Waals surface area contributed by atoms with Gasteiger partial charge in [0.1, 0.15) is 34.4 Å². The number of aromatic nitrogens is 2. The topological polar surface area (TPSA) is 102 Å². The molecule has 3 heterocycles. The molecule has 4 rings (SSSR count). The first-order valence-electron chi connectivity index (χ1n) is 12.0. The third-order valence-electron chi connectivity index (χ3n) is 6.14. The summed E-state index contributed by atoms with van der Waals surface area (Å²) in [6.45, 7) is 2.20. The quantitative estimate of drug-likeness (QED) is 0.180. The molecule has 0 radical (unpaired) electrons. The number of alkyl halides is 3. The van der Waals surface area contributed by atoms with E-state index in [0.29, 0.717) is 28.1 Å². The number of carbonyl (C=O) groups excluding carboxylic acids is 1. The Balaban J connectivity index is 1.90. The normalized spacial score (nSPS) is 12.9. The molecule has 14 heteroatoms. The van der Waals surface area contributed by atoms with Crippen molar-refractivity contribution in [2.45, 2.75) is 37.7 Å². The second-order valence-corrected chi connectivity index (χ2v) is 11.4. The molecule has 0 fully saturated rings. The van der Waals surface area contributed by atoms with Gasteiger partial charge in [0.25, 0.3) is 5.56 Å². The fourth-order valence-electron chi connectivity index (χ4n) is 4.24. The van der Waals surface area contributed by atoms with Gasteiger partial charge in [-0.15, -0.1) is 11.3 Å². The number of esters is 1. The van der Waals surface area contributed by atoms with Crippen molar-refractivity contribution < 1.29 is 35.7 Å². The molecule has 0 bridgehead atoms. The Labute approximate surface area is 242 Å². The third kappa shape index (κ3) is 6.32. The van der Waals surface area contributed by atoms with Crippen LogP contribution >= 0.6 is 11.3 Å². The summed E-state index contributed by atoms with van der Waals surface area (Å²) >= 11 is 0.973. The SMILES string of the molecule is CC(=O)OC(C)c1cc(-c2ccc(-c3cc(C(F)(F)F)c(C#N)c(=O)n3Cc3ccc(F)cc3F)s2)cnc1S(C)=O. The van der Waals surface area contributed by atoms with Gasteiger partial charge in [-0.1, -0.05) is 6.07 Å². The Bertz CT molecular complexity index is 1830. The number of hydrogen-bond donors (Lipinski definition) is 0. The Morgan fingerprint density at radius 1 is 1.17 bits per heavy atom. The highest BCUT2D eigenvalue weighted by molar-refractivity contribution is 7.84. The van der Waals surface area contributed by atoms with E-state index in [1.165, 1.54) is 31.5 Å². The number of thiophene rings is 1. The van der Waals surface area contributed by atoms with Crippen molar-refractivity contribution in [2.75, 3.05) is 6.26 Å². The number of ether oxygens (including phenoxy) is 1. The second kappa shape index (κ2) is 11.9. The van der Waals surface area contributed by atoms with E-state index in [1.807, 2.05) is 0 Å². The van der Waals surface area contributed by atoms with Gasteiger partial charge < -0.3 is 9.30 Å². The molecule has 2 unspecified atom stereocenters. The van der Waals surface area contributed by atoms with E-state index in [4.69, 9.17) is 4.74 Å². The van der Waals surface area contributed by atoms with Crippen molar-refractivity contribution in [3.8, 4) is 27.1 Å². The zero-order valence-electron chi connectivity index (χ0n) is 22.1. The van der Waals surface area contributed by atoms with E-state index in [1.54, 1.807) is 19.1 Å². The van der Waals surface area contributed by atoms with Crippen LogP contribution in [0.1, 0.15) is 42.2 Å². The predicted molar refractivity (Wildman–Crippen MR) is 145 cm³/mol. The molecule has 1 aromatic carbocycles. The maximum atomic E-state index is 14.5. The molecule has 0 spiro atoms. The molecule has 0 N–H and O–H groups in total. The van der Waals surface area contributed by atoms with Crippen LogP contribution in [0, 0.1) is 23.0 Å². The van der Waals surface area contributed by atoms with E-state index < -0.39 is 63.9 Å². The van der Waals surface area contributed by atoms with Crippen LogP contribution in [0.25, 0.3) is 21.0 Å². The zero-order chi connectivity index (χ0) is 30.9. The Morgan fingerprint density at radius 2 is 1.86 bits per heavy atom. The fraction of sp³-hybridized carbons (Fsp3) is 0.214. The molecule has 0 aliphatic rings. The molecule has 0 aliphatic carbocycles. The summed E-state index contributed by atoms with van der Waals surface area (Å²) in [5.41, 5.74) is -3.53. The van der Waals surface area contributed by atoms with Crippen molar-refractivity contribution in [1.82, 2.24) is 9.55 Å². The average Bonchev–Trinajstić information content (AvgIpc) is 3.39. The predicted octanol–water partition coefficient (Wildman–Crippen LogP) is 6.22. The lowest BCUT2D eigenvalue weighted by Crippen LogP contribution is -2.28. The smallest absolute Gasteiger partial charge is 0.417 e. The van der Waals surface area contributed by atoms with Crippen molar-refractivity contribution >= 4 is 28.1 Å². The van der Waals surface area contributed by atoms with Crippen molar-refractivity contribution in [3.63, 3.8) is 0 Å². The Kier molecular flexibility index (Phi) is 8.74. The molecule has 4 aromatic rings. The van der Waals surface area contributed by atoms with Gasteiger partial charge in [0.05, 0.1) is 33.5 Å². The van der Waals surface area contributed by atoms with Gasteiger partial charge in [0.2, 0.25) is 0 Å². The van der Waals surface area contributed by atoms with E-state index in [-0.39, 0.29) is 21.2 Å². The van der Waals surface area contributed by atoms with Gasteiger partial charge in [-0.3, -0.25) is 13.8 Å². The van der Waals surface area contributed by atoms with Crippen molar-refractivity contribution in [2.24, 2.45) is 0 Å². The largest absolute Gasteiger partial charge is 0.458 e. The highest BCUT2D eigenvalue weighted by Gasteiger charge is 2.37. The number of carbonyl (C=O) groups is 1. The lowest BCUT2D eigenvalue weighted by atomic mass is 10.1. The Hall–Kier alpha value is -4.22. The molecule has 0 aliphatic heterocycles. The Morgan fingerprint density at radius 3 is 2.45 bits per heavy atom. The fourth-order valence-corrected chi connectivity index (χ4v) is 6.01. The molecular formula is C28H20F5N3O4S2. The maximum absolute atomic E-state index is 14.5. The minimum Gasteiger partial charge on any atom is -0.458 e. The van der Waals surface area contributed by atoms with Gasteiger partial charge in [-0.25, -0.2) is 13.8 Å². The third-order valence-corrected chi connectivity index (χ3v) is 8.18. The monoisotopic (exact) mass is 621 g/mol. The lowest BCUT2D eigenvalue weighted by molar-refractivity contribution is -0.146. The number of halogens is 5. The molecule has 42 heavy (non-hydrogen) atoms. The summed E-state index contributed by atoms with van der Waals surface area (Å²) in [5, 5.41) is 9.58. The van der Waals surface area contributed by atoms with Gasteiger partial charge in [0.15, 0.2) is 0 Å². The molecule has 0 saturated carbocycles. The second-order valence-electron chi connectivity index (χ2n) is 9.04. The van der Waals surface area contributed by atoms with Gasteiger partial charge in [-0.05, 0) is 37.3 Å². The zero-order valence-corrected chi connectivity index (χ0v) is 23.7. The average molecular weight is 622 g/mol. The minimum atomic E-state index is -5.05. The van der Waals surface area contributed by atoms with E-state index in [0.717, 1.165) is 28.0 Å². The van der Waals surface area contributed by atoms with Crippen LogP contribution in [0.15, 0.2) is 58.5 Å². The van der Waals surface area contributed by atoms with Gasteiger partial charge in [0, 0.05) is 47.0 Å². The summed E-state index contributed by atoms with van der Waals surface area (Å²) in [7, 11) is -1.53. The number of hydrogen-bond acceptors (Lipinski definition) is 7. The van der Waals surface area contributed by atoms with E-state index in [9.17, 15) is 41.0 Å². The number of rotatable bonds is 7. The minimum absolute atomic E-state index is 0.164. The summed E-state index contributed by atoms with van der Waals surface area (Å²) in [4.78, 5) is 29.6. The number of pyridine rings is 2. The van der Waals surface area contributed by atoms with Crippen LogP contribution in [-0.4, -0.2) is 26.0 Å². The molecule has 7 nitrogen and oxygen atoms in total. The van der Waals surface area contributed by atoms with Gasteiger partial charge >= 0.3 is 12.1 Å². The number of nitrogens with zero attached hydrogens (tertiary/aromatic N) is 3. The molecule has 0 saturated heterocycles. The molecule has 3 aromatic heterocycles.